The van der Waals surface area contributed by atoms with Crippen molar-refractivity contribution in [2.75, 3.05) is 5.75 Å². The van der Waals surface area contributed by atoms with Crippen LogP contribution >= 0.6 is 23.4 Å². The molecule has 0 spiro atoms. The van der Waals surface area contributed by atoms with E-state index in [1.165, 1.54) is 30.9 Å². The zero-order valence-electron chi connectivity index (χ0n) is 8.05. The standard InChI is InChI=1S/C9H13ClN2OS/c1-2-3-4-5-14-9-7(10)8(13)11-6-12-9/h6H,2-5H2,1H3,(H,11,12,13). The molecule has 0 saturated carbocycles. The number of nitrogens with one attached hydrogen (secondary N) is 1. The highest BCUT2D eigenvalue weighted by Gasteiger charge is 2.05. The number of nitrogens with zero attached hydrogens (tertiary/aromatic N) is 1. The van der Waals surface area contributed by atoms with E-state index in [0.29, 0.717) is 5.03 Å². The lowest BCUT2D eigenvalue weighted by Gasteiger charge is -2.00. The van der Waals surface area contributed by atoms with Crippen LogP contribution in [0.5, 0.6) is 0 Å². The fourth-order valence-electron chi connectivity index (χ4n) is 0.988. The Morgan fingerprint density at radius 2 is 2.36 bits per heavy atom. The van der Waals surface area contributed by atoms with Gasteiger partial charge in [0.15, 0.2) is 0 Å². The summed E-state index contributed by atoms with van der Waals surface area (Å²) in [7, 11) is 0. The van der Waals surface area contributed by atoms with E-state index >= 15 is 0 Å². The average molecular weight is 233 g/mol. The molecule has 0 bridgehead atoms. The third-order valence-corrected chi connectivity index (χ3v) is 3.29. The van der Waals surface area contributed by atoms with Crippen molar-refractivity contribution >= 4 is 23.4 Å². The Bertz CT molecular complexity index is 340. The monoisotopic (exact) mass is 232 g/mol. The predicted octanol–water partition coefficient (Wildman–Crippen LogP) is 2.71. The first kappa shape index (κ1) is 11.6. The Morgan fingerprint density at radius 1 is 1.57 bits per heavy atom. The molecule has 0 aliphatic carbocycles. The SMILES string of the molecule is CCCCCSc1nc[nH]c(=O)c1Cl. The average Bonchev–Trinajstić information content (AvgIpc) is 2.19. The molecule has 1 heterocycles. The Hall–Kier alpha value is -0.480. The maximum atomic E-state index is 11.1. The van der Waals surface area contributed by atoms with Gasteiger partial charge in [-0.2, -0.15) is 0 Å². The molecule has 14 heavy (non-hydrogen) atoms. The molecule has 3 nitrogen and oxygen atoms in total. The van der Waals surface area contributed by atoms with Gasteiger partial charge in [0.05, 0.1) is 6.33 Å². The van der Waals surface area contributed by atoms with Gasteiger partial charge < -0.3 is 4.98 Å². The minimum atomic E-state index is -0.264. The number of hydrogen-bond donors (Lipinski definition) is 1. The normalized spacial score (nSPS) is 10.4. The summed E-state index contributed by atoms with van der Waals surface area (Å²) in [4.78, 5) is 17.5. The smallest absolute Gasteiger partial charge is 0.270 e. The van der Waals surface area contributed by atoms with Crippen LogP contribution in [0.15, 0.2) is 16.1 Å². The Balaban J connectivity index is 2.51. The van der Waals surface area contributed by atoms with Crippen LogP contribution in [0.4, 0.5) is 0 Å². The van der Waals surface area contributed by atoms with Gasteiger partial charge in [-0.05, 0) is 12.2 Å². The van der Waals surface area contributed by atoms with E-state index in [0.717, 1.165) is 12.2 Å². The number of aromatic amines is 1. The van der Waals surface area contributed by atoms with Crippen molar-refractivity contribution < 1.29 is 0 Å². The molecular weight excluding hydrogens is 220 g/mol. The molecular formula is C9H13ClN2OS. The van der Waals surface area contributed by atoms with Crippen molar-refractivity contribution in [2.24, 2.45) is 0 Å². The molecule has 0 aromatic carbocycles. The zero-order valence-corrected chi connectivity index (χ0v) is 9.62. The molecule has 0 unspecified atom stereocenters. The summed E-state index contributed by atoms with van der Waals surface area (Å²) in [6.07, 6.45) is 4.91. The summed E-state index contributed by atoms with van der Waals surface area (Å²) in [5, 5.41) is 0.834. The lowest BCUT2D eigenvalue weighted by Crippen LogP contribution is -2.07. The van der Waals surface area contributed by atoms with Gasteiger partial charge in [0, 0.05) is 0 Å². The van der Waals surface area contributed by atoms with Gasteiger partial charge in [0.25, 0.3) is 5.56 Å². The first-order valence-electron chi connectivity index (χ1n) is 4.61. The highest BCUT2D eigenvalue weighted by Crippen LogP contribution is 2.21. The van der Waals surface area contributed by atoms with Crippen LogP contribution < -0.4 is 5.56 Å². The minimum absolute atomic E-state index is 0.203. The van der Waals surface area contributed by atoms with Crippen LogP contribution in [0.25, 0.3) is 0 Å². The number of thioether (sulfide) groups is 1. The molecule has 0 aliphatic heterocycles. The number of aromatic nitrogens is 2. The fourth-order valence-corrected chi connectivity index (χ4v) is 2.14. The Morgan fingerprint density at radius 3 is 3.07 bits per heavy atom. The van der Waals surface area contributed by atoms with Crippen LogP contribution in [0.2, 0.25) is 5.02 Å². The summed E-state index contributed by atoms with van der Waals surface area (Å²) in [6, 6.07) is 0. The second-order valence-corrected chi connectivity index (χ2v) is 4.37. The highest BCUT2D eigenvalue weighted by atomic mass is 35.5. The quantitative estimate of drug-likeness (QED) is 0.482. The summed E-state index contributed by atoms with van der Waals surface area (Å²) in [5.74, 6) is 0.962. The number of unbranched alkanes of at least 4 members (excludes halogenated alkanes) is 2. The molecule has 1 rings (SSSR count). The molecule has 0 fully saturated rings. The molecule has 0 aliphatic rings. The molecule has 0 atom stereocenters. The summed E-state index contributed by atoms with van der Waals surface area (Å²) < 4.78 is 0. The number of halogens is 1. The molecule has 5 heteroatoms. The lowest BCUT2D eigenvalue weighted by molar-refractivity contribution is 0.778. The summed E-state index contributed by atoms with van der Waals surface area (Å²) >= 11 is 7.32. The number of H-pyrrole nitrogens is 1. The fraction of sp³-hybridized carbons (Fsp3) is 0.556. The van der Waals surface area contributed by atoms with Crippen LogP contribution in [0.3, 0.4) is 0 Å². The van der Waals surface area contributed by atoms with Gasteiger partial charge in [-0.25, -0.2) is 4.98 Å². The largest absolute Gasteiger partial charge is 0.312 e. The molecule has 1 N–H and O–H groups in total. The molecule has 1 aromatic heterocycles. The van der Waals surface area contributed by atoms with Gasteiger partial charge >= 0.3 is 0 Å². The van der Waals surface area contributed by atoms with E-state index in [1.807, 2.05) is 0 Å². The second kappa shape index (κ2) is 6.09. The predicted molar refractivity (Wildman–Crippen MR) is 60.1 cm³/mol. The van der Waals surface area contributed by atoms with Gasteiger partial charge in [-0.1, -0.05) is 31.4 Å². The topological polar surface area (TPSA) is 45.8 Å². The van der Waals surface area contributed by atoms with Gasteiger partial charge in [0.1, 0.15) is 10.0 Å². The number of hydrogen-bond acceptors (Lipinski definition) is 3. The van der Waals surface area contributed by atoms with Crippen molar-refractivity contribution in [1.29, 1.82) is 0 Å². The summed E-state index contributed by atoms with van der Waals surface area (Å²) in [5.41, 5.74) is -0.264. The van der Waals surface area contributed by atoms with Crippen molar-refractivity contribution in [3.63, 3.8) is 0 Å². The highest BCUT2D eigenvalue weighted by molar-refractivity contribution is 7.99. The maximum Gasteiger partial charge on any atom is 0.270 e. The van der Waals surface area contributed by atoms with Crippen molar-refractivity contribution in [3.8, 4) is 0 Å². The Kier molecular flexibility index (Phi) is 5.04. The van der Waals surface area contributed by atoms with Crippen molar-refractivity contribution in [2.45, 2.75) is 31.2 Å². The second-order valence-electron chi connectivity index (χ2n) is 2.91. The van der Waals surface area contributed by atoms with Crippen LogP contribution in [-0.2, 0) is 0 Å². The zero-order chi connectivity index (χ0) is 10.4. The van der Waals surface area contributed by atoms with Crippen LogP contribution in [0, 0.1) is 0 Å². The first-order chi connectivity index (χ1) is 6.75. The number of rotatable bonds is 5. The summed E-state index contributed by atoms with van der Waals surface area (Å²) in [6.45, 7) is 2.16. The van der Waals surface area contributed by atoms with Crippen molar-refractivity contribution in [3.05, 3.63) is 21.7 Å². The van der Waals surface area contributed by atoms with E-state index in [-0.39, 0.29) is 10.6 Å². The van der Waals surface area contributed by atoms with Gasteiger partial charge in [0.2, 0.25) is 0 Å². The van der Waals surface area contributed by atoms with E-state index in [4.69, 9.17) is 11.6 Å². The molecule has 0 radical (unpaired) electrons. The van der Waals surface area contributed by atoms with E-state index < -0.39 is 0 Å². The van der Waals surface area contributed by atoms with E-state index in [9.17, 15) is 4.79 Å². The third kappa shape index (κ3) is 3.35. The van der Waals surface area contributed by atoms with Gasteiger partial charge in [-0.15, -0.1) is 11.8 Å². The third-order valence-electron chi connectivity index (χ3n) is 1.75. The minimum Gasteiger partial charge on any atom is -0.312 e. The van der Waals surface area contributed by atoms with Crippen LogP contribution in [-0.4, -0.2) is 15.7 Å². The van der Waals surface area contributed by atoms with E-state index in [1.54, 1.807) is 0 Å². The molecule has 0 saturated heterocycles. The molecule has 1 aromatic rings. The Labute approximate surface area is 92.3 Å². The molecule has 78 valence electrons. The maximum absolute atomic E-state index is 11.1. The first-order valence-corrected chi connectivity index (χ1v) is 5.98. The molecule has 0 amide bonds. The lowest BCUT2D eigenvalue weighted by atomic mass is 10.3. The van der Waals surface area contributed by atoms with Gasteiger partial charge in [-0.3, -0.25) is 4.79 Å². The van der Waals surface area contributed by atoms with Crippen LogP contribution in [0.1, 0.15) is 26.2 Å². The van der Waals surface area contributed by atoms with E-state index in [2.05, 4.69) is 16.9 Å². The van der Waals surface area contributed by atoms with Crippen molar-refractivity contribution in [1.82, 2.24) is 9.97 Å².